The Labute approximate surface area is 117 Å². The maximum absolute atomic E-state index is 6.01. The Morgan fingerprint density at radius 3 is 2.50 bits per heavy atom. The molecule has 18 heavy (non-hydrogen) atoms. The van der Waals surface area contributed by atoms with Crippen molar-refractivity contribution in [3.63, 3.8) is 0 Å². The second-order valence-electron chi connectivity index (χ2n) is 4.10. The Bertz CT molecular complexity index is 568. The van der Waals surface area contributed by atoms with Gasteiger partial charge in [0.15, 0.2) is 0 Å². The fourth-order valence-corrected chi connectivity index (χ4v) is 2.08. The van der Waals surface area contributed by atoms with Gasteiger partial charge in [0.2, 0.25) is 0 Å². The fourth-order valence-electron chi connectivity index (χ4n) is 1.78. The summed E-state index contributed by atoms with van der Waals surface area (Å²) >= 11 is 11.9. The van der Waals surface area contributed by atoms with Gasteiger partial charge in [-0.3, -0.25) is 4.98 Å². The van der Waals surface area contributed by atoms with Crippen LogP contribution in [0.25, 0.3) is 11.3 Å². The third-order valence-electron chi connectivity index (χ3n) is 2.78. The van der Waals surface area contributed by atoms with E-state index in [0.717, 1.165) is 23.5 Å². The molecule has 0 radical (unpaired) electrons. The second kappa shape index (κ2) is 5.70. The third kappa shape index (κ3) is 2.83. The molecule has 0 saturated carbocycles. The van der Waals surface area contributed by atoms with E-state index in [4.69, 9.17) is 23.2 Å². The Morgan fingerprint density at radius 2 is 1.89 bits per heavy atom. The number of nitrogens with one attached hydrogen (secondary N) is 1. The van der Waals surface area contributed by atoms with Gasteiger partial charge in [0.25, 0.3) is 0 Å². The maximum atomic E-state index is 6.01. The molecule has 0 aliphatic rings. The van der Waals surface area contributed by atoms with Crippen molar-refractivity contribution in [2.75, 3.05) is 7.05 Å². The van der Waals surface area contributed by atoms with Crippen molar-refractivity contribution in [1.82, 2.24) is 10.3 Å². The number of pyridine rings is 1. The molecular weight excluding hydrogens is 267 g/mol. The van der Waals surface area contributed by atoms with Gasteiger partial charge in [-0.1, -0.05) is 35.3 Å². The molecule has 0 aliphatic carbocycles. The number of halogens is 2. The number of nitrogens with zero attached hydrogens (tertiary/aromatic N) is 1. The topological polar surface area (TPSA) is 24.9 Å². The lowest BCUT2D eigenvalue weighted by atomic mass is 10.1. The van der Waals surface area contributed by atoms with Crippen LogP contribution < -0.4 is 5.32 Å². The highest BCUT2D eigenvalue weighted by Gasteiger charge is 2.05. The molecule has 2 rings (SSSR count). The highest BCUT2D eigenvalue weighted by Crippen LogP contribution is 2.28. The monoisotopic (exact) mass is 280 g/mol. The molecule has 2 aromatic rings. The summed E-state index contributed by atoms with van der Waals surface area (Å²) in [5.41, 5.74) is 4.10. The van der Waals surface area contributed by atoms with Gasteiger partial charge in [0.1, 0.15) is 0 Å². The molecule has 0 spiro atoms. The smallest absolute Gasteiger partial charge is 0.0705 e. The molecule has 4 heteroatoms. The van der Waals surface area contributed by atoms with Crippen LogP contribution in [0, 0.1) is 6.92 Å². The molecule has 94 valence electrons. The molecule has 1 aromatic carbocycles. The average molecular weight is 281 g/mol. The zero-order valence-corrected chi connectivity index (χ0v) is 11.8. The van der Waals surface area contributed by atoms with Gasteiger partial charge >= 0.3 is 0 Å². The lowest BCUT2D eigenvalue weighted by Gasteiger charge is -2.08. The van der Waals surface area contributed by atoms with Gasteiger partial charge in [-0.15, -0.1) is 0 Å². The number of aryl methyl sites for hydroxylation is 1. The largest absolute Gasteiger partial charge is 0.316 e. The number of hydrogen-bond acceptors (Lipinski definition) is 2. The van der Waals surface area contributed by atoms with Crippen molar-refractivity contribution < 1.29 is 0 Å². The molecule has 0 fully saturated rings. The van der Waals surface area contributed by atoms with Crippen molar-refractivity contribution >= 4 is 23.2 Å². The van der Waals surface area contributed by atoms with E-state index in [1.807, 2.05) is 32.2 Å². The first kappa shape index (κ1) is 13.3. The van der Waals surface area contributed by atoms with E-state index in [1.165, 1.54) is 5.56 Å². The van der Waals surface area contributed by atoms with Crippen LogP contribution in [0.3, 0.4) is 0 Å². The van der Waals surface area contributed by atoms with Crippen molar-refractivity contribution in [3.8, 4) is 11.3 Å². The van der Waals surface area contributed by atoms with Gasteiger partial charge in [-0.2, -0.15) is 0 Å². The zero-order chi connectivity index (χ0) is 13.1. The lowest BCUT2D eigenvalue weighted by Crippen LogP contribution is -2.07. The van der Waals surface area contributed by atoms with E-state index in [2.05, 4.69) is 16.4 Å². The fraction of sp³-hybridized carbons (Fsp3) is 0.214. The first-order valence-corrected chi connectivity index (χ1v) is 6.44. The maximum Gasteiger partial charge on any atom is 0.0705 e. The standard InChI is InChI=1S/C14H14Cl2N2/c1-9-11(8-17-2)4-6-14(18-9)10-3-5-12(15)13(16)7-10/h3-7,17H,8H2,1-2H3. The summed E-state index contributed by atoms with van der Waals surface area (Å²) in [4.78, 5) is 4.59. The molecule has 0 unspecified atom stereocenters. The normalized spacial score (nSPS) is 10.7. The first-order chi connectivity index (χ1) is 8.61. The Morgan fingerprint density at radius 1 is 1.11 bits per heavy atom. The van der Waals surface area contributed by atoms with E-state index in [-0.39, 0.29) is 0 Å². The molecule has 0 aliphatic heterocycles. The summed E-state index contributed by atoms with van der Waals surface area (Å²) in [6.45, 7) is 2.83. The minimum atomic E-state index is 0.549. The van der Waals surface area contributed by atoms with Crippen LogP contribution in [0.15, 0.2) is 30.3 Å². The number of rotatable bonds is 3. The molecule has 1 aromatic heterocycles. The predicted octanol–water partition coefficient (Wildman–Crippen LogP) is 4.08. The summed E-state index contributed by atoms with van der Waals surface area (Å²) < 4.78 is 0. The Kier molecular flexibility index (Phi) is 4.23. The SMILES string of the molecule is CNCc1ccc(-c2ccc(Cl)c(Cl)c2)nc1C. The van der Waals surface area contributed by atoms with E-state index in [9.17, 15) is 0 Å². The van der Waals surface area contributed by atoms with Gasteiger partial charge in [-0.05, 0) is 37.7 Å². The third-order valence-corrected chi connectivity index (χ3v) is 3.52. The summed E-state index contributed by atoms with van der Waals surface area (Å²) in [5.74, 6) is 0. The van der Waals surface area contributed by atoms with Crippen molar-refractivity contribution in [1.29, 1.82) is 0 Å². The van der Waals surface area contributed by atoms with Crippen LogP contribution in [0.5, 0.6) is 0 Å². The molecule has 0 bridgehead atoms. The highest BCUT2D eigenvalue weighted by molar-refractivity contribution is 6.42. The summed E-state index contributed by atoms with van der Waals surface area (Å²) in [7, 11) is 1.92. The summed E-state index contributed by atoms with van der Waals surface area (Å²) in [6.07, 6.45) is 0. The lowest BCUT2D eigenvalue weighted by molar-refractivity contribution is 0.805. The van der Waals surface area contributed by atoms with E-state index in [1.54, 1.807) is 6.07 Å². The molecular formula is C14H14Cl2N2. The quantitative estimate of drug-likeness (QED) is 0.916. The Hall–Kier alpha value is -1.09. The van der Waals surface area contributed by atoms with Crippen LogP contribution in [0.1, 0.15) is 11.3 Å². The van der Waals surface area contributed by atoms with Gasteiger partial charge in [0, 0.05) is 17.8 Å². The number of benzene rings is 1. The van der Waals surface area contributed by atoms with Crippen LogP contribution in [0.4, 0.5) is 0 Å². The summed E-state index contributed by atoms with van der Waals surface area (Å²) in [5, 5.41) is 4.23. The molecule has 1 N–H and O–H groups in total. The van der Waals surface area contributed by atoms with Crippen LogP contribution in [0.2, 0.25) is 10.0 Å². The zero-order valence-electron chi connectivity index (χ0n) is 10.3. The molecule has 1 heterocycles. The predicted molar refractivity (Wildman–Crippen MR) is 77.2 cm³/mol. The van der Waals surface area contributed by atoms with Crippen molar-refractivity contribution in [3.05, 3.63) is 51.6 Å². The average Bonchev–Trinajstić information content (AvgIpc) is 2.35. The van der Waals surface area contributed by atoms with Crippen LogP contribution in [-0.2, 0) is 6.54 Å². The van der Waals surface area contributed by atoms with E-state index < -0.39 is 0 Å². The summed E-state index contributed by atoms with van der Waals surface area (Å²) in [6, 6.07) is 9.63. The van der Waals surface area contributed by atoms with Crippen molar-refractivity contribution in [2.24, 2.45) is 0 Å². The van der Waals surface area contributed by atoms with E-state index in [0.29, 0.717) is 10.0 Å². The number of aromatic nitrogens is 1. The van der Waals surface area contributed by atoms with Crippen LogP contribution >= 0.6 is 23.2 Å². The van der Waals surface area contributed by atoms with Crippen LogP contribution in [-0.4, -0.2) is 12.0 Å². The molecule has 0 amide bonds. The van der Waals surface area contributed by atoms with E-state index >= 15 is 0 Å². The molecule has 0 atom stereocenters. The first-order valence-electron chi connectivity index (χ1n) is 5.68. The van der Waals surface area contributed by atoms with Crippen molar-refractivity contribution in [2.45, 2.75) is 13.5 Å². The van der Waals surface area contributed by atoms with Gasteiger partial charge < -0.3 is 5.32 Å². The van der Waals surface area contributed by atoms with Gasteiger partial charge in [-0.25, -0.2) is 0 Å². The van der Waals surface area contributed by atoms with Gasteiger partial charge in [0.05, 0.1) is 15.7 Å². The Balaban J connectivity index is 2.39. The minimum absolute atomic E-state index is 0.549. The number of hydrogen-bond donors (Lipinski definition) is 1. The minimum Gasteiger partial charge on any atom is -0.316 e. The second-order valence-corrected chi connectivity index (χ2v) is 4.91. The molecule has 0 saturated heterocycles. The highest BCUT2D eigenvalue weighted by atomic mass is 35.5. The molecule has 2 nitrogen and oxygen atoms in total.